The minimum atomic E-state index is -4.66. The van der Waals surface area contributed by atoms with Crippen molar-refractivity contribution in [1.82, 2.24) is 9.97 Å². The van der Waals surface area contributed by atoms with Crippen molar-refractivity contribution in [2.24, 2.45) is 0 Å². The Kier molecular flexibility index (Phi) is 4.55. The maximum absolute atomic E-state index is 13.3. The van der Waals surface area contributed by atoms with Crippen molar-refractivity contribution < 1.29 is 25.9 Å². The normalized spacial score (nSPS) is 12.8. The highest BCUT2D eigenvalue weighted by atomic mass is 32.2. The Hall–Kier alpha value is -3.58. The Labute approximate surface area is 191 Å². The zero-order valence-electron chi connectivity index (χ0n) is 17.6. The van der Waals surface area contributed by atoms with E-state index in [4.69, 9.17) is 0 Å². The van der Waals surface area contributed by atoms with Gasteiger partial charge in [0.15, 0.2) is 10.9 Å². The third kappa shape index (κ3) is 3.30. The fourth-order valence-corrected chi connectivity index (χ4v) is 5.78. The Morgan fingerprint density at radius 2 is 0.941 bits per heavy atom. The maximum Gasteiger partial charge on any atom is 0.296 e. The molecule has 0 aliphatic heterocycles. The van der Waals surface area contributed by atoms with Crippen molar-refractivity contribution in [1.29, 1.82) is 0 Å². The molecule has 34 heavy (non-hydrogen) atoms. The van der Waals surface area contributed by atoms with Crippen LogP contribution >= 0.6 is 0 Å². The van der Waals surface area contributed by atoms with E-state index in [1.807, 2.05) is 0 Å². The van der Waals surface area contributed by atoms with Gasteiger partial charge in [0.25, 0.3) is 20.2 Å². The molecule has 0 saturated heterocycles. The van der Waals surface area contributed by atoms with Gasteiger partial charge in [0.05, 0.1) is 22.1 Å². The van der Waals surface area contributed by atoms with Crippen molar-refractivity contribution >= 4 is 63.8 Å². The van der Waals surface area contributed by atoms with Gasteiger partial charge in [-0.15, -0.1) is 0 Å². The summed E-state index contributed by atoms with van der Waals surface area (Å²) in [6.07, 6.45) is 0. The van der Waals surface area contributed by atoms with Crippen LogP contribution in [0.25, 0.3) is 43.6 Å². The van der Waals surface area contributed by atoms with Crippen LogP contribution in [0.15, 0.2) is 55.8 Å². The summed E-state index contributed by atoms with van der Waals surface area (Å²) in [6, 6.07) is 8.09. The molecular formula is C22H16N2O8S2. The van der Waals surface area contributed by atoms with E-state index < -0.39 is 40.9 Å². The number of fused-ring (bicyclic) bond motifs is 4. The van der Waals surface area contributed by atoms with E-state index in [0.717, 1.165) is 0 Å². The number of aromatic amines is 2. The fourth-order valence-electron chi connectivity index (χ4n) is 4.27. The van der Waals surface area contributed by atoms with Crippen LogP contribution in [0.3, 0.4) is 0 Å². The molecule has 2 heterocycles. The van der Waals surface area contributed by atoms with Gasteiger partial charge in [0.2, 0.25) is 0 Å². The highest BCUT2D eigenvalue weighted by Gasteiger charge is 2.21. The lowest BCUT2D eigenvalue weighted by atomic mass is 10.0. The van der Waals surface area contributed by atoms with Crippen LogP contribution in [-0.4, -0.2) is 35.9 Å². The molecule has 0 atom stereocenters. The van der Waals surface area contributed by atoms with Crippen LogP contribution in [-0.2, 0) is 20.2 Å². The van der Waals surface area contributed by atoms with Crippen molar-refractivity contribution in [2.45, 2.75) is 23.6 Å². The first-order valence-electron chi connectivity index (χ1n) is 9.81. The average Bonchev–Trinajstić information content (AvgIpc) is 2.72. The predicted octanol–water partition coefficient (Wildman–Crippen LogP) is 2.79. The minimum absolute atomic E-state index is 0.0110. The molecule has 0 fully saturated rings. The molecule has 174 valence electrons. The largest absolute Gasteiger partial charge is 0.353 e. The first-order valence-corrected chi connectivity index (χ1v) is 12.7. The highest BCUT2D eigenvalue weighted by molar-refractivity contribution is 7.86. The number of hydrogen-bond donors (Lipinski definition) is 4. The van der Waals surface area contributed by atoms with Gasteiger partial charge in [-0.05, 0) is 61.4 Å². The number of pyridine rings is 2. The number of rotatable bonds is 2. The molecule has 0 spiro atoms. The third-order valence-corrected chi connectivity index (χ3v) is 7.46. The monoisotopic (exact) mass is 500 g/mol. The van der Waals surface area contributed by atoms with Gasteiger partial charge in [-0.25, -0.2) is 0 Å². The van der Waals surface area contributed by atoms with E-state index in [1.54, 1.807) is 13.8 Å². The summed E-state index contributed by atoms with van der Waals surface area (Å²) in [5.74, 6) is 0. The molecular weight excluding hydrogens is 484 g/mol. The van der Waals surface area contributed by atoms with Crippen molar-refractivity contribution in [3.63, 3.8) is 0 Å². The molecule has 2 aromatic heterocycles. The maximum atomic E-state index is 13.3. The molecule has 0 bridgehead atoms. The zero-order chi connectivity index (χ0) is 24.7. The van der Waals surface area contributed by atoms with Crippen LogP contribution in [0, 0.1) is 13.8 Å². The number of aromatic nitrogens is 2. The SMILES string of the molecule is Cc1cc(S(=O)(=O)O)c2[nH]c3cc4c(=O)c5cc(C)cc(S(=O)(=O)O)c5[nH]c4cc3c(=O)c2c1. The quantitative estimate of drug-likeness (QED) is 0.211. The molecule has 12 heteroatoms. The summed E-state index contributed by atoms with van der Waals surface area (Å²) in [5.41, 5.74) is -0.175. The molecule has 3 aromatic carbocycles. The molecule has 5 rings (SSSR count). The van der Waals surface area contributed by atoms with Crippen LogP contribution in [0.4, 0.5) is 0 Å². The van der Waals surface area contributed by atoms with Gasteiger partial charge in [-0.2, -0.15) is 16.8 Å². The molecule has 5 aromatic rings. The Morgan fingerprint density at radius 1 is 0.588 bits per heavy atom. The second-order valence-electron chi connectivity index (χ2n) is 8.17. The lowest BCUT2D eigenvalue weighted by Gasteiger charge is -2.11. The molecule has 0 unspecified atom stereocenters. The Bertz CT molecular complexity index is 1920. The van der Waals surface area contributed by atoms with Gasteiger partial charge in [-0.3, -0.25) is 18.7 Å². The fraction of sp³-hybridized carbons (Fsp3) is 0.0909. The number of H-pyrrole nitrogens is 2. The summed E-state index contributed by atoms with van der Waals surface area (Å²) in [4.78, 5) is 31.3. The van der Waals surface area contributed by atoms with E-state index in [9.17, 15) is 35.5 Å². The van der Waals surface area contributed by atoms with Crippen LogP contribution in [0.2, 0.25) is 0 Å². The summed E-state index contributed by atoms with van der Waals surface area (Å²) in [5, 5.41) is 0.221. The van der Waals surface area contributed by atoms with Crippen LogP contribution in [0.5, 0.6) is 0 Å². The van der Waals surface area contributed by atoms with E-state index in [0.29, 0.717) is 11.1 Å². The topological polar surface area (TPSA) is 174 Å². The van der Waals surface area contributed by atoms with Crippen LogP contribution in [0.1, 0.15) is 11.1 Å². The molecule has 0 amide bonds. The molecule has 10 nitrogen and oxygen atoms in total. The molecule has 0 aliphatic rings. The van der Waals surface area contributed by atoms with Crippen LogP contribution < -0.4 is 10.9 Å². The number of hydrogen-bond acceptors (Lipinski definition) is 6. The number of aryl methyl sites for hydroxylation is 2. The van der Waals surface area contributed by atoms with Gasteiger partial charge >= 0.3 is 0 Å². The highest BCUT2D eigenvalue weighted by Crippen LogP contribution is 2.28. The zero-order valence-corrected chi connectivity index (χ0v) is 19.3. The molecule has 0 radical (unpaired) electrons. The number of benzene rings is 3. The Balaban J connectivity index is 2.01. The average molecular weight is 501 g/mol. The molecule has 0 aliphatic carbocycles. The standard InChI is InChI=1S/C22H16N2O8S2/c1-9-3-13-19(17(5-9)33(27,28)29)23-15-8-12-16(7-11(15)21(13)25)24-20-14(22(12)26)4-10(2)6-18(20)34(30,31)32/h3-8H,1-2H3,(H,23,25)(H,24,26)(H,27,28,29)(H,30,31,32). The lowest BCUT2D eigenvalue weighted by Crippen LogP contribution is -2.12. The van der Waals surface area contributed by atoms with Gasteiger partial charge < -0.3 is 9.97 Å². The summed E-state index contributed by atoms with van der Waals surface area (Å²) in [7, 11) is -9.32. The van der Waals surface area contributed by atoms with E-state index in [1.165, 1.54) is 36.4 Å². The second-order valence-corrected chi connectivity index (χ2v) is 11.0. The first kappa shape index (κ1) is 22.2. The van der Waals surface area contributed by atoms with E-state index in [2.05, 4.69) is 9.97 Å². The lowest BCUT2D eigenvalue weighted by molar-refractivity contribution is 0.481. The van der Waals surface area contributed by atoms with Gasteiger partial charge in [0, 0.05) is 21.5 Å². The Morgan fingerprint density at radius 3 is 1.26 bits per heavy atom. The van der Waals surface area contributed by atoms with E-state index in [-0.39, 0.29) is 43.6 Å². The van der Waals surface area contributed by atoms with Gasteiger partial charge in [-0.1, -0.05) is 0 Å². The first-order chi connectivity index (χ1) is 15.8. The van der Waals surface area contributed by atoms with Crippen molar-refractivity contribution in [3.8, 4) is 0 Å². The second kappa shape index (κ2) is 6.96. The van der Waals surface area contributed by atoms with E-state index >= 15 is 0 Å². The molecule has 4 N–H and O–H groups in total. The summed E-state index contributed by atoms with van der Waals surface area (Å²) in [6.45, 7) is 3.14. The van der Waals surface area contributed by atoms with Crippen molar-refractivity contribution in [3.05, 3.63) is 68.0 Å². The predicted molar refractivity (Wildman–Crippen MR) is 127 cm³/mol. The number of nitrogens with one attached hydrogen (secondary N) is 2. The summed E-state index contributed by atoms with van der Waals surface area (Å²) >= 11 is 0. The van der Waals surface area contributed by atoms with Gasteiger partial charge in [0.1, 0.15) is 9.79 Å². The molecule has 0 saturated carbocycles. The third-order valence-electron chi connectivity index (χ3n) is 5.70. The minimum Gasteiger partial charge on any atom is -0.353 e. The van der Waals surface area contributed by atoms with Crippen molar-refractivity contribution in [2.75, 3.05) is 0 Å². The smallest absolute Gasteiger partial charge is 0.296 e. The summed E-state index contributed by atoms with van der Waals surface area (Å²) < 4.78 is 67.0.